The smallest absolute Gasteiger partial charge is 0.332 e. The summed E-state index contributed by atoms with van der Waals surface area (Å²) >= 11 is 0. The first kappa shape index (κ1) is 16.7. The molecule has 5 N–H and O–H groups in total. The Bertz CT molecular complexity index is 146. The Morgan fingerprint density at radius 1 is 1.20 bits per heavy atom. The van der Waals surface area contributed by atoms with E-state index in [-0.39, 0.29) is 13.2 Å². The molecule has 0 amide bonds. The van der Waals surface area contributed by atoms with Crippen molar-refractivity contribution in [2.24, 2.45) is 0 Å². The van der Waals surface area contributed by atoms with Crippen LogP contribution >= 0.6 is 0 Å². The Morgan fingerprint density at radius 2 is 1.67 bits per heavy atom. The maximum Gasteiger partial charge on any atom is 0.332 e. The van der Waals surface area contributed by atoms with E-state index in [1.54, 1.807) is 0 Å². The van der Waals surface area contributed by atoms with Crippen LogP contribution in [0.3, 0.4) is 0 Å². The molecular formula is C9H20O6. The number of unbranched alkanes of at least 4 members (excludes halogenated alkanes) is 1. The molecule has 0 radical (unpaired) electrons. The number of aliphatic hydroxyl groups is 4. The molecule has 92 valence electrons. The van der Waals surface area contributed by atoms with Gasteiger partial charge in [-0.1, -0.05) is 19.8 Å². The molecule has 0 bridgehead atoms. The summed E-state index contributed by atoms with van der Waals surface area (Å²) in [6.45, 7) is 1.22. The molecule has 0 aromatic heterocycles. The van der Waals surface area contributed by atoms with Gasteiger partial charge >= 0.3 is 5.97 Å². The van der Waals surface area contributed by atoms with E-state index in [0.29, 0.717) is 6.42 Å². The van der Waals surface area contributed by atoms with Gasteiger partial charge in [0.05, 0.1) is 13.2 Å². The van der Waals surface area contributed by atoms with E-state index in [0.717, 1.165) is 12.8 Å². The molecule has 0 aromatic carbocycles. The van der Waals surface area contributed by atoms with E-state index >= 15 is 0 Å². The second-order valence-corrected chi connectivity index (χ2v) is 3.02. The van der Waals surface area contributed by atoms with Crippen LogP contribution in [0.25, 0.3) is 0 Å². The highest BCUT2D eigenvalue weighted by molar-refractivity contribution is 5.71. The first-order chi connectivity index (χ1) is 6.99. The van der Waals surface area contributed by atoms with Gasteiger partial charge in [0.2, 0.25) is 0 Å². The maximum atomic E-state index is 9.96. The first-order valence-corrected chi connectivity index (χ1v) is 4.80. The predicted octanol–water partition coefficient (Wildman–Crippen LogP) is -1.05. The van der Waals surface area contributed by atoms with Gasteiger partial charge in [0.1, 0.15) is 6.10 Å². The minimum absolute atomic E-state index is 0.365. The Morgan fingerprint density at radius 3 is 1.87 bits per heavy atom. The van der Waals surface area contributed by atoms with Gasteiger partial charge in [0.25, 0.3) is 0 Å². The SMILES string of the molecule is CCCCC(O)C(=O)O.OCC(O)CO. The van der Waals surface area contributed by atoms with E-state index in [1.165, 1.54) is 0 Å². The van der Waals surface area contributed by atoms with Crippen LogP contribution in [-0.4, -0.2) is 56.9 Å². The van der Waals surface area contributed by atoms with Gasteiger partial charge in [-0.25, -0.2) is 4.79 Å². The second kappa shape index (κ2) is 11.4. The van der Waals surface area contributed by atoms with Crippen molar-refractivity contribution in [2.45, 2.75) is 38.4 Å². The fourth-order valence-corrected chi connectivity index (χ4v) is 0.579. The Balaban J connectivity index is 0. The average Bonchev–Trinajstić information content (AvgIpc) is 2.25. The monoisotopic (exact) mass is 224 g/mol. The molecule has 0 heterocycles. The topological polar surface area (TPSA) is 118 Å². The number of carboxylic acid groups (broad SMARTS) is 1. The first-order valence-electron chi connectivity index (χ1n) is 4.80. The van der Waals surface area contributed by atoms with Crippen LogP contribution < -0.4 is 0 Å². The molecule has 0 fully saturated rings. The molecule has 0 saturated heterocycles. The third kappa shape index (κ3) is 13.3. The number of hydrogen-bond donors (Lipinski definition) is 5. The standard InChI is InChI=1S/C6H12O3.C3H8O3/c1-2-3-4-5(7)6(8)9;4-1-3(6)2-5/h5,7H,2-4H2,1H3,(H,8,9);3-6H,1-2H2. The van der Waals surface area contributed by atoms with Crippen LogP contribution in [0, 0.1) is 0 Å². The van der Waals surface area contributed by atoms with Gasteiger partial charge < -0.3 is 25.5 Å². The lowest BCUT2D eigenvalue weighted by Crippen LogP contribution is -2.18. The van der Waals surface area contributed by atoms with Crippen LogP contribution in [0.4, 0.5) is 0 Å². The summed E-state index contributed by atoms with van der Waals surface area (Å²) in [6, 6.07) is 0. The summed E-state index contributed by atoms with van der Waals surface area (Å²) in [4.78, 5) is 9.96. The molecule has 0 aliphatic carbocycles. The number of hydrogen-bond acceptors (Lipinski definition) is 5. The average molecular weight is 224 g/mol. The lowest BCUT2D eigenvalue weighted by molar-refractivity contribution is -0.146. The number of carboxylic acids is 1. The van der Waals surface area contributed by atoms with Gasteiger partial charge in [0, 0.05) is 0 Å². The number of aliphatic carboxylic acids is 1. The van der Waals surface area contributed by atoms with Crippen molar-refractivity contribution < 1.29 is 30.3 Å². The van der Waals surface area contributed by atoms with Crippen LogP contribution in [0.1, 0.15) is 26.2 Å². The third-order valence-electron chi connectivity index (χ3n) is 1.54. The normalized spacial score (nSPS) is 11.9. The molecule has 6 heteroatoms. The minimum atomic E-state index is -1.16. The summed E-state index contributed by atoms with van der Waals surface area (Å²) in [6.07, 6.45) is -0.0566. The summed E-state index contributed by atoms with van der Waals surface area (Å²) in [7, 11) is 0. The van der Waals surface area contributed by atoms with Crippen LogP contribution in [0.5, 0.6) is 0 Å². The number of aliphatic hydroxyl groups excluding tert-OH is 4. The van der Waals surface area contributed by atoms with Gasteiger partial charge in [-0.3, -0.25) is 0 Å². The third-order valence-corrected chi connectivity index (χ3v) is 1.54. The van der Waals surface area contributed by atoms with Crippen molar-refractivity contribution in [3.05, 3.63) is 0 Å². The summed E-state index contributed by atoms with van der Waals surface area (Å²) in [5, 5.41) is 40.8. The minimum Gasteiger partial charge on any atom is -0.479 e. The lowest BCUT2D eigenvalue weighted by Gasteiger charge is -2.01. The quantitative estimate of drug-likeness (QED) is 0.393. The molecule has 0 spiro atoms. The van der Waals surface area contributed by atoms with Crippen molar-refractivity contribution >= 4 is 5.97 Å². The Kier molecular flexibility index (Phi) is 12.7. The molecule has 1 atom stereocenters. The van der Waals surface area contributed by atoms with E-state index < -0.39 is 18.2 Å². The lowest BCUT2D eigenvalue weighted by atomic mass is 10.2. The van der Waals surface area contributed by atoms with Crippen molar-refractivity contribution in [2.75, 3.05) is 13.2 Å². The number of carbonyl (C=O) groups is 1. The summed E-state index contributed by atoms with van der Waals surface area (Å²) in [5.41, 5.74) is 0. The summed E-state index contributed by atoms with van der Waals surface area (Å²) in [5.74, 6) is -1.12. The highest BCUT2D eigenvalue weighted by Crippen LogP contribution is 1.99. The predicted molar refractivity (Wildman–Crippen MR) is 53.3 cm³/mol. The molecule has 0 aliphatic heterocycles. The van der Waals surface area contributed by atoms with Crippen LogP contribution in [0.2, 0.25) is 0 Å². The molecular weight excluding hydrogens is 204 g/mol. The van der Waals surface area contributed by atoms with E-state index in [4.69, 9.17) is 25.5 Å². The van der Waals surface area contributed by atoms with Crippen LogP contribution in [-0.2, 0) is 4.79 Å². The van der Waals surface area contributed by atoms with Gasteiger partial charge in [-0.2, -0.15) is 0 Å². The zero-order valence-electron chi connectivity index (χ0n) is 8.83. The molecule has 1 unspecified atom stereocenters. The van der Waals surface area contributed by atoms with Crippen molar-refractivity contribution in [1.29, 1.82) is 0 Å². The fourth-order valence-electron chi connectivity index (χ4n) is 0.579. The van der Waals surface area contributed by atoms with Gasteiger partial charge in [-0.05, 0) is 6.42 Å². The molecule has 0 rings (SSSR count). The highest BCUT2D eigenvalue weighted by Gasteiger charge is 2.10. The fraction of sp³-hybridized carbons (Fsp3) is 0.889. The van der Waals surface area contributed by atoms with Crippen molar-refractivity contribution in [1.82, 2.24) is 0 Å². The van der Waals surface area contributed by atoms with E-state index in [1.807, 2.05) is 6.92 Å². The van der Waals surface area contributed by atoms with Gasteiger partial charge in [0.15, 0.2) is 6.10 Å². The van der Waals surface area contributed by atoms with E-state index in [9.17, 15) is 4.79 Å². The zero-order valence-corrected chi connectivity index (χ0v) is 8.83. The van der Waals surface area contributed by atoms with E-state index in [2.05, 4.69) is 0 Å². The van der Waals surface area contributed by atoms with Crippen molar-refractivity contribution in [3.63, 3.8) is 0 Å². The Labute approximate surface area is 88.8 Å². The second-order valence-electron chi connectivity index (χ2n) is 3.02. The molecule has 0 aliphatic rings. The highest BCUT2D eigenvalue weighted by atomic mass is 16.4. The van der Waals surface area contributed by atoms with Gasteiger partial charge in [-0.15, -0.1) is 0 Å². The molecule has 15 heavy (non-hydrogen) atoms. The maximum absolute atomic E-state index is 9.96. The molecule has 0 saturated carbocycles. The summed E-state index contributed by atoms with van der Waals surface area (Å²) < 4.78 is 0. The zero-order chi connectivity index (χ0) is 12.3. The van der Waals surface area contributed by atoms with Crippen molar-refractivity contribution in [3.8, 4) is 0 Å². The molecule has 6 nitrogen and oxygen atoms in total. The largest absolute Gasteiger partial charge is 0.479 e. The Hall–Kier alpha value is -0.690. The van der Waals surface area contributed by atoms with Crippen LogP contribution in [0.15, 0.2) is 0 Å². The number of rotatable bonds is 6. The molecule has 0 aromatic rings.